The minimum atomic E-state index is -0.528. The zero-order valence-corrected chi connectivity index (χ0v) is 16.6. The predicted octanol–water partition coefficient (Wildman–Crippen LogP) is 2.45. The standard InChI is InChI=1S/C20H27N3O5/c1-20(2,3)28-18(25)22-13-11-21(12-14-22)17(24)9-6-10-23-15-7-4-5-8-16(15)27-19(23)26/h4-5,7-8H,6,9-14H2,1-3H3. The van der Waals surface area contributed by atoms with Gasteiger partial charge in [-0.2, -0.15) is 0 Å². The lowest BCUT2D eigenvalue weighted by molar-refractivity contribution is -0.133. The first-order valence-corrected chi connectivity index (χ1v) is 9.59. The van der Waals surface area contributed by atoms with Crippen molar-refractivity contribution in [3.05, 3.63) is 34.8 Å². The number of benzene rings is 1. The molecule has 1 fully saturated rings. The molecule has 8 nitrogen and oxygen atoms in total. The molecule has 2 aromatic rings. The number of piperazine rings is 1. The minimum Gasteiger partial charge on any atom is -0.444 e. The fourth-order valence-electron chi connectivity index (χ4n) is 3.24. The third kappa shape index (κ3) is 4.74. The lowest BCUT2D eigenvalue weighted by Crippen LogP contribution is -2.51. The van der Waals surface area contributed by atoms with E-state index in [0.29, 0.717) is 51.1 Å². The Balaban J connectivity index is 1.47. The lowest BCUT2D eigenvalue weighted by Gasteiger charge is -2.35. The molecule has 28 heavy (non-hydrogen) atoms. The summed E-state index contributed by atoms with van der Waals surface area (Å²) in [7, 11) is 0. The Bertz CT molecular complexity index is 900. The number of fused-ring (bicyclic) bond motifs is 1. The van der Waals surface area contributed by atoms with Gasteiger partial charge in [0, 0.05) is 39.1 Å². The van der Waals surface area contributed by atoms with E-state index in [0.717, 1.165) is 5.52 Å². The van der Waals surface area contributed by atoms with Gasteiger partial charge < -0.3 is 19.0 Å². The average Bonchev–Trinajstić information content (AvgIpc) is 2.96. The van der Waals surface area contributed by atoms with E-state index in [1.165, 1.54) is 0 Å². The molecule has 0 atom stereocenters. The van der Waals surface area contributed by atoms with Gasteiger partial charge in [-0.15, -0.1) is 0 Å². The number of aryl methyl sites for hydroxylation is 1. The molecule has 2 amide bonds. The number of carbonyl (C=O) groups excluding carboxylic acids is 2. The predicted molar refractivity (Wildman–Crippen MR) is 104 cm³/mol. The molecule has 0 N–H and O–H groups in total. The van der Waals surface area contributed by atoms with Crippen LogP contribution >= 0.6 is 0 Å². The average molecular weight is 389 g/mol. The van der Waals surface area contributed by atoms with Gasteiger partial charge in [0.1, 0.15) is 5.60 Å². The van der Waals surface area contributed by atoms with Gasteiger partial charge >= 0.3 is 11.8 Å². The number of aromatic nitrogens is 1. The molecule has 0 radical (unpaired) electrons. The molecule has 1 aliphatic rings. The van der Waals surface area contributed by atoms with Crippen molar-refractivity contribution in [1.82, 2.24) is 14.4 Å². The first kappa shape index (κ1) is 20.0. The van der Waals surface area contributed by atoms with Crippen molar-refractivity contribution in [2.45, 2.75) is 45.8 Å². The number of hydrogen-bond donors (Lipinski definition) is 0. The van der Waals surface area contributed by atoms with E-state index in [9.17, 15) is 14.4 Å². The van der Waals surface area contributed by atoms with E-state index in [-0.39, 0.29) is 12.0 Å². The maximum atomic E-state index is 12.5. The molecule has 3 rings (SSSR count). The van der Waals surface area contributed by atoms with Gasteiger partial charge in [-0.25, -0.2) is 9.59 Å². The second-order valence-electron chi connectivity index (χ2n) is 7.94. The van der Waals surface area contributed by atoms with Crippen molar-refractivity contribution < 1.29 is 18.7 Å². The van der Waals surface area contributed by atoms with Crippen LogP contribution in [0.3, 0.4) is 0 Å². The molecule has 1 aromatic heterocycles. The van der Waals surface area contributed by atoms with Crippen molar-refractivity contribution >= 4 is 23.1 Å². The van der Waals surface area contributed by atoms with Gasteiger partial charge in [0.05, 0.1) is 5.52 Å². The zero-order chi connectivity index (χ0) is 20.3. The number of carbonyl (C=O) groups is 2. The Labute approximate surface area is 163 Å². The van der Waals surface area contributed by atoms with Crippen molar-refractivity contribution in [2.24, 2.45) is 0 Å². The fraction of sp³-hybridized carbons (Fsp3) is 0.550. The molecule has 2 heterocycles. The first-order valence-electron chi connectivity index (χ1n) is 9.59. The third-order valence-corrected chi connectivity index (χ3v) is 4.63. The molecule has 8 heteroatoms. The molecule has 1 saturated heterocycles. The van der Waals surface area contributed by atoms with Crippen molar-refractivity contribution in [2.75, 3.05) is 26.2 Å². The molecule has 0 unspecified atom stereocenters. The smallest absolute Gasteiger partial charge is 0.419 e. The number of para-hydroxylation sites is 2. The molecule has 0 aliphatic carbocycles. The molecule has 152 valence electrons. The Morgan fingerprint density at radius 1 is 1.07 bits per heavy atom. The SMILES string of the molecule is CC(C)(C)OC(=O)N1CCN(C(=O)CCCn2c(=O)oc3ccccc32)CC1. The van der Waals surface area contributed by atoms with Crippen LogP contribution < -0.4 is 5.76 Å². The number of amides is 2. The topological polar surface area (TPSA) is 85.0 Å². The van der Waals surface area contributed by atoms with Crippen LogP contribution in [-0.4, -0.2) is 58.1 Å². The Hall–Kier alpha value is -2.77. The van der Waals surface area contributed by atoms with Gasteiger partial charge in [-0.05, 0) is 39.3 Å². The summed E-state index contributed by atoms with van der Waals surface area (Å²) >= 11 is 0. The Kier molecular flexibility index (Phi) is 5.76. The Morgan fingerprint density at radius 2 is 1.71 bits per heavy atom. The van der Waals surface area contributed by atoms with E-state index < -0.39 is 11.4 Å². The quantitative estimate of drug-likeness (QED) is 0.802. The van der Waals surface area contributed by atoms with Gasteiger partial charge in [-0.3, -0.25) is 9.36 Å². The number of nitrogens with zero attached hydrogens (tertiary/aromatic N) is 3. The molecular formula is C20H27N3O5. The van der Waals surface area contributed by atoms with Crippen molar-refractivity contribution in [3.8, 4) is 0 Å². The van der Waals surface area contributed by atoms with E-state index in [4.69, 9.17) is 9.15 Å². The summed E-state index contributed by atoms with van der Waals surface area (Å²) in [4.78, 5) is 39.9. The van der Waals surface area contributed by atoms with Crippen LogP contribution in [-0.2, 0) is 16.1 Å². The van der Waals surface area contributed by atoms with Gasteiger partial charge in [0.15, 0.2) is 5.58 Å². The summed E-state index contributed by atoms with van der Waals surface area (Å²) in [5, 5.41) is 0. The van der Waals surface area contributed by atoms with Crippen molar-refractivity contribution in [1.29, 1.82) is 0 Å². The molecular weight excluding hydrogens is 362 g/mol. The maximum absolute atomic E-state index is 12.5. The highest BCUT2D eigenvalue weighted by atomic mass is 16.6. The van der Waals surface area contributed by atoms with Gasteiger partial charge in [0.25, 0.3) is 0 Å². The number of ether oxygens (including phenoxy) is 1. The third-order valence-electron chi connectivity index (χ3n) is 4.63. The van der Waals surface area contributed by atoms with Crippen LogP contribution in [0.1, 0.15) is 33.6 Å². The molecule has 0 bridgehead atoms. The summed E-state index contributed by atoms with van der Waals surface area (Å²) in [6.07, 6.45) is 0.554. The van der Waals surface area contributed by atoms with Crippen LogP contribution in [0.15, 0.2) is 33.5 Å². The second-order valence-corrected chi connectivity index (χ2v) is 7.94. The maximum Gasteiger partial charge on any atom is 0.419 e. The first-order chi connectivity index (χ1) is 13.2. The number of rotatable bonds is 4. The summed E-state index contributed by atoms with van der Waals surface area (Å²) in [6, 6.07) is 7.25. The van der Waals surface area contributed by atoms with Gasteiger partial charge in [0.2, 0.25) is 5.91 Å². The highest BCUT2D eigenvalue weighted by Gasteiger charge is 2.27. The largest absolute Gasteiger partial charge is 0.444 e. The molecule has 0 saturated carbocycles. The fourth-order valence-corrected chi connectivity index (χ4v) is 3.24. The normalized spacial score (nSPS) is 15.1. The van der Waals surface area contributed by atoms with E-state index >= 15 is 0 Å². The number of oxazole rings is 1. The number of hydrogen-bond acceptors (Lipinski definition) is 5. The van der Waals surface area contributed by atoms with E-state index in [1.807, 2.05) is 39.0 Å². The highest BCUT2D eigenvalue weighted by Crippen LogP contribution is 2.14. The van der Waals surface area contributed by atoms with Crippen LogP contribution in [0.4, 0.5) is 4.79 Å². The van der Waals surface area contributed by atoms with Crippen molar-refractivity contribution in [3.63, 3.8) is 0 Å². The van der Waals surface area contributed by atoms with Crippen LogP contribution in [0.25, 0.3) is 11.1 Å². The second kappa shape index (κ2) is 8.08. The lowest BCUT2D eigenvalue weighted by atomic mass is 10.2. The van der Waals surface area contributed by atoms with E-state index in [2.05, 4.69) is 0 Å². The van der Waals surface area contributed by atoms with Gasteiger partial charge in [-0.1, -0.05) is 12.1 Å². The summed E-state index contributed by atoms with van der Waals surface area (Å²) < 4.78 is 12.1. The minimum absolute atomic E-state index is 0.0321. The van der Waals surface area contributed by atoms with E-state index in [1.54, 1.807) is 20.4 Å². The zero-order valence-electron chi connectivity index (χ0n) is 16.6. The summed E-state index contributed by atoms with van der Waals surface area (Å²) in [6.45, 7) is 7.84. The highest BCUT2D eigenvalue weighted by molar-refractivity contribution is 5.77. The molecule has 1 aromatic carbocycles. The Morgan fingerprint density at radius 3 is 2.39 bits per heavy atom. The molecule has 1 aliphatic heterocycles. The monoisotopic (exact) mass is 389 g/mol. The van der Waals surface area contributed by atoms with Crippen LogP contribution in [0.2, 0.25) is 0 Å². The summed E-state index contributed by atoms with van der Waals surface area (Å²) in [5.74, 6) is -0.371. The van der Waals surface area contributed by atoms with Crippen LogP contribution in [0, 0.1) is 0 Å². The van der Waals surface area contributed by atoms with Crippen LogP contribution in [0.5, 0.6) is 0 Å². The molecule has 0 spiro atoms. The summed E-state index contributed by atoms with van der Waals surface area (Å²) in [5.41, 5.74) is 0.766.